The van der Waals surface area contributed by atoms with Crippen molar-refractivity contribution in [3.63, 3.8) is 0 Å². The molecule has 0 bridgehead atoms. The monoisotopic (exact) mass is 399 g/mol. The third kappa shape index (κ3) is 4.85. The number of aromatic nitrogens is 2. The van der Waals surface area contributed by atoms with Gasteiger partial charge in [0.15, 0.2) is 0 Å². The number of nitrogens with one attached hydrogen (secondary N) is 1. The summed E-state index contributed by atoms with van der Waals surface area (Å²) < 4.78 is 38.1. The zero-order chi connectivity index (χ0) is 20.0. The molecule has 3 aromatic rings. The Balaban J connectivity index is 1.56. The van der Waals surface area contributed by atoms with E-state index in [9.17, 15) is 8.42 Å². The van der Waals surface area contributed by atoms with Gasteiger partial charge in [-0.2, -0.15) is 0 Å². The van der Waals surface area contributed by atoms with Gasteiger partial charge in [0.2, 0.25) is 15.9 Å². The van der Waals surface area contributed by atoms with Crippen molar-refractivity contribution in [3.8, 4) is 22.9 Å². The van der Waals surface area contributed by atoms with Crippen molar-refractivity contribution in [1.82, 2.24) is 14.9 Å². The van der Waals surface area contributed by atoms with E-state index in [0.29, 0.717) is 11.6 Å². The first-order valence-corrected chi connectivity index (χ1v) is 10.1. The summed E-state index contributed by atoms with van der Waals surface area (Å²) in [5.74, 6) is 0.619. The van der Waals surface area contributed by atoms with E-state index < -0.39 is 10.0 Å². The van der Waals surface area contributed by atoms with E-state index in [2.05, 4.69) is 14.9 Å². The van der Waals surface area contributed by atoms with Gasteiger partial charge >= 0.3 is 0 Å². The van der Waals surface area contributed by atoms with Gasteiger partial charge in [0, 0.05) is 18.2 Å². The molecule has 7 nitrogen and oxygen atoms in total. The van der Waals surface area contributed by atoms with Crippen LogP contribution in [0.3, 0.4) is 0 Å². The Labute approximate surface area is 164 Å². The molecule has 3 rings (SSSR count). The number of sulfonamides is 1. The van der Waals surface area contributed by atoms with Gasteiger partial charge in [-0.15, -0.1) is 10.2 Å². The van der Waals surface area contributed by atoms with E-state index in [1.807, 2.05) is 37.3 Å². The normalized spacial score (nSPS) is 11.2. The van der Waals surface area contributed by atoms with Gasteiger partial charge in [-0.25, -0.2) is 13.1 Å². The molecular weight excluding hydrogens is 378 g/mol. The number of hydrogen-bond donors (Lipinski definition) is 1. The first-order valence-electron chi connectivity index (χ1n) is 8.66. The maximum absolute atomic E-state index is 12.5. The number of hydrogen-bond acceptors (Lipinski definition) is 6. The van der Waals surface area contributed by atoms with Gasteiger partial charge in [0.25, 0.3) is 0 Å². The van der Waals surface area contributed by atoms with Gasteiger partial charge < -0.3 is 9.47 Å². The standard InChI is InChI=1S/C20H21N3O4S/c1-15-8-10-18(26-2)19(14-15)28(24,25)21-12-13-27-20-11-9-17(22-23-20)16-6-4-3-5-7-16/h3-11,14,21H,12-13H2,1-2H3. The number of nitrogens with zero attached hydrogens (tertiary/aromatic N) is 2. The van der Waals surface area contributed by atoms with Crippen molar-refractivity contribution in [2.75, 3.05) is 20.3 Å². The quantitative estimate of drug-likeness (QED) is 0.586. The fourth-order valence-corrected chi connectivity index (χ4v) is 3.83. The lowest BCUT2D eigenvalue weighted by molar-refractivity contribution is 0.307. The second kappa shape index (κ2) is 8.81. The molecule has 0 fully saturated rings. The average Bonchev–Trinajstić information content (AvgIpc) is 2.72. The van der Waals surface area contributed by atoms with E-state index in [1.165, 1.54) is 7.11 Å². The Morgan fingerprint density at radius 2 is 1.79 bits per heavy atom. The zero-order valence-corrected chi connectivity index (χ0v) is 16.4. The van der Waals surface area contributed by atoms with Crippen LogP contribution in [-0.2, 0) is 10.0 Å². The second-order valence-electron chi connectivity index (χ2n) is 6.02. The van der Waals surface area contributed by atoms with Crippen LogP contribution in [0.15, 0.2) is 65.6 Å². The molecule has 0 saturated heterocycles. The summed E-state index contributed by atoms with van der Waals surface area (Å²) in [6.45, 7) is 2.02. The van der Waals surface area contributed by atoms with E-state index in [1.54, 1.807) is 30.3 Å². The van der Waals surface area contributed by atoms with Crippen LogP contribution in [-0.4, -0.2) is 38.9 Å². The van der Waals surface area contributed by atoms with Crippen molar-refractivity contribution in [2.45, 2.75) is 11.8 Å². The summed E-state index contributed by atoms with van der Waals surface area (Å²) >= 11 is 0. The van der Waals surface area contributed by atoms with E-state index >= 15 is 0 Å². The van der Waals surface area contributed by atoms with E-state index in [4.69, 9.17) is 9.47 Å². The highest BCUT2D eigenvalue weighted by molar-refractivity contribution is 7.89. The molecule has 1 heterocycles. The number of ether oxygens (including phenoxy) is 2. The Bertz CT molecular complexity index is 1020. The van der Waals surface area contributed by atoms with Crippen LogP contribution in [0, 0.1) is 6.92 Å². The number of aryl methyl sites for hydroxylation is 1. The molecule has 0 radical (unpaired) electrons. The molecule has 0 spiro atoms. The highest BCUT2D eigenvalue weighted by atomic mass is 32.2. The molecule has 1 aromatic heterocycles. The Hall–Kier alpha value is -2.97. The molecule has 0 aliphatic heterocycles. The highest BCUT2D eigenvalue weighted by Crippen LogP contribution is 2.24. The molecule has 0 unspecified atom stereocenters. The molecule has 0 saturated carbocycles. The fourth-order valence-electron chi connectivity index (χ4n) is 2.56. The number of rotatable bonds is 8. The second-order valence-corrected chi connectivity index (χ2v) is 7.76. The van der Waals surface area contributed by atoms with Crippen LogP contribution in [0.25, 0.3) is 11.3 Å². The summed E-state index contributed by atoms with van der Waals surface area (Å²) in [5, 5.41) is 8.14. The van der Waals surface area contributed by atoms with Crippen LogP contribution >= 0.6 is 0 Å². The average molecular weight is 399 g/mol. The topological polar surface area (TPSA) is 90.4 Å². The van der Waals surface area contributed by atoms with Crippen molar-refractivity contribution < 1.29 is 17.9 Å². The maximum Gasteiger partial charge on any atom is 0.244 e. The van der Waals surface area contributed by atoms with Gasteiger partial charge in [-0.05, 0) is 30.7 Å². The minimum absolute atomic E-state index is 0.0849. The number of methoxy groups -OCH3 is 1. The molecule has 0 atom stereocenters. The van der Waals surface area contributed by atoms with Crippen LogP contribution in [0.1, 0.15) is 5.56 Å². The largest absolute Gasteiger partial charge is 0.495 e. The lowest BCUT2D eigenvalue weighted by Gasteiger charge is -2.12. The van der Waals surface area contributed by atoms with E-state index in [0.717, 1.165) is 16.8 Å². The minimum atomic E-state index is -3.71. The third-order valence-electron chi connectivity index (χ3n) is 3.96. The summed E-state index contributed by atoms with van der Waals surface area (Å²) in [7, 11) is -2.28. The van der Waals surface area contributed by atoms with Gasteiger partial charge in [-0.3, -0.25) is 0 Å². The zero-order valence-electron chi connectivity index (χ0n) is 15.6. The molecule has 2 aromatic carbocycles. The Morgan fingerprint density at radius 1 is 1.00 bits per heavy atom. The number of benzene rings is 2. The predicted octanol–water partition coefficient (Wildman–Crippen LogP) is 2.82. The van der Waals surface area contributed by atoms with Crippen LogP contribution in [0.2, 0.25) is 0 Å². The molecule has 0 aliphatic rings. The highest BCUT2D eigenvalue weighted by Gasteiger charge is 2.19. The van der Waals surface area contributed by atoms with Crippen LogP contribution < -0.4 is 14.2 Å². The summed E-state index contributed by atoms with van der Waals surface area (Å²) in [5.41, 5.74) is 2.52. The predicted molar refractivity (Wildman–Crippen MR) is 106 cm³/mol. The minimum Gasteiger partial charge on any atom is -0.495 e. The van der Waals surface area contributed by atoms with Gasteiger partial charge in [-0.1, -0.05) is 36.4 Å². The maximum atomic E-state index is 12.5. The smallest absolute Gasteiger partial charge is 0.244 e. The molecule has 0 aliphatic carbocycles. The van der Waals surface area contributed by atoms with Crippen molar-refractivity contribution in [1.29, 1.82) is 0 Å². The fraction of sp³-hybridized carbons (Fsp3) is 0.200. The summed E-state index contributed by atoms with van der Waals surface area (Å²) in [6.07, 6.45) is 0. The molecule has 1 N–H and O–H groups in total. The molecule has 146 valence electrons. The summed E-state index contributed by atoms with van der Waals surface area (Å²) in [4.78, 5) is 0.0991. The van der Waals surface area contributed by atoms with Gasteiger partial charge in [0.05, 0.1) is 12.8 Å². The van der Waals surface area contributed by atoms with Crippen molar-refractivity contribution in [3.05, 3.63) is 66.2 Å². The van der Waals surface area contributed by atoms with Crippen LogP contribution in [0.4, 0.5) is 0 Å². The lowest BCUT2D eigenvalue weighted by Crippen LogP contribution is -2.28. The molecule has 28 heavy (non-hydrogen) atoms. The van der Waals surface area contributed by atoms with E-state index in [-0.39, 0.29) is 18.0 Å². The first-order chi connectivity index (χ1) is 13.5. The van der Waals surface area contributed by atoms with Crippen molar-refractivity contribution >= 4 is 10.0 Å². The molecular formula is C20H21N3O4S. The summed E-state index contributed by atoms with van der Waals surface area (Å²) in [6, 6.07) is 18.2. The molecule has 8 heteroatoms. The molecule has 0 amide bonds. The lowest BCUT2D eigenvalue weighted by atomic mass is 10.1. The van der Waals surface area contributed by atoms with Crippen LogP contribution in [0.5, 0.6) is 11.6 Å². The Kier molecular flexibility index (Phi) is 6.23. The van der Waals surface area contributed by atoms with Crippen molar-refractivity contribution in [2.24, 2.45) is 0 Å². The first kappa shape index (κ1) is 19.8. The SMILES string of the molecule is COc1ccc(C)cc1S(=O)(=O)NCCOc1ccc(-c2ccccc2)nn1. The van der Waals surface area contributed by atoms with Gasteiger partial charge in [0.1, 0.15) is 17.3 Å². The third-order valence-corrected chi connectivity index (χ3v) is 5.44. The Morgan fingerprint density at radius 3 is 2.46 bits per heavy atom.